The Labute approximate surface area is 109 Å². The minimum Gasteiger partial charge on any atom is -0.311 e. The van der Waals surface area contributed by atoms with Crippen LogP contribution in [0, 0.1) is 0 Å². The minimum absolute atomic E-state index is 0.202. The molecule has 88 valence electrons. The molecule has 1 N–H and O–H groups in total. The number of pyridine rings is 2. The second-order valence-electron chi connectivity index (χ2n) is 3.77. The quantitative estimate of drug-likeness (QED) is 0.941. The molecule has 2 aromatic heterocycles. The molecule has 0 saturated carbocycles. The van der Waals surface area contributed by atoms with Crippen molar-refractivity contribution in [1.29, 1.82) is 0 Å². The first-order chi connectivity index (χ1) is 8.31. The fourth-order valence-electron chi connectivity index (χ4n) is 1.74. The maximum Gasteiger partial charge on any atom is 0.0718 e. The van der Waals surface area contributed by atoms with Crippen LogP contribution in [-0.2, 0) is 6.42 Å². The lowest BCUT2D eigenvalue weighted by molar-refractivity contribution is 0.573. The van der Waals surface area contributed by atoms with Crippen LogP contribution in [0.1, 0.15) is 17.3 Å². The summed E-state index contributed by atoms with van der Waals surface area (Å²) < 4.78 is 1.04. The van der Waals surface area contributed by atoms with Gasteiger partial charge in [-0.05, 0) is 59.2 Å². The summed E-state index contributed by atoms with van der Waals surface area (Å²) in [6.07, 6.45) is 6.34. The topological polar surface area (TPSA) is 37.8 Å². The largest absolute Gasteiger partial charge is 0.311 e. The zero-order valence-electron chi connectivity index (χ0n) is 9.60. The molecule has 0 aliphatic heterocycles. The van der Waals surface area contributed by atoms with E-state index in [0.717, 1.165) is 16.6 Å². The van der Waals surface area contributed by atoms with E-state index in [1.54, 1.807) is 0 Å². The molecule has 1 atom stereocenters. The maximum absolute atomic E-state index is 4.42. The Morgan fingerprint density at radius 2 is 2.00 bits per heavy atom. The zero-order chi connectivity index (χ0) is 12.1. The van der Waals surface area contributed by atoms with E-state index in [1.165, 1.54) is 5.56 Å². The van der Waals surface area contributed by atoms with E-state index in [1.807, 2.05) is 49.9 Å². The van der Waals surface area contributed by atoms with Crippen molar-refractivity contribution in [2.45, 2.75) is 12.5 Å². The molecule has 0 radical (unpaired) electrons. The number of halogens is 1. The number of likely N-dealkylation sites (N-methyl/N-ethyl adjacent to an activating group) is 1. The number of nitrogens with zero attached hydrogens (tertiary/aromatic N) is 2. The molecular formula is C13H14BrN3. The summed E-state index contributed by atoms with van der Waals surface area (Å²) in [5.41, 5.74) is 2.28. The summed E-state index contributed by atoms with van der Waals surface area (Å²) in [4.78, 5) is 8.44. The third-order valence-corrected chi connectivity index (χ3v) is 3.33. The minimum atomic E-state index is 0.202. The highest BCUT2D eigenvalue weighted by atomic mass is 79.9. The van der Waals surface area contributed by atoms with Crippen LogP contribution in [0.5, 0.6) is 0 Å². The first-order valence-electron chi connectivity index (χ1n) is 5.48. The molecule has 4 heteroatoms. The van der Waals surface area contributed by atoms with Gasteiger partial charge in [-0.1, -0.05) is 0 Å². The van der Waals surface area contributed by atoms with E-state index in [-0.39, 0.29) is 6.04 Å². The summed E-state index contributed by atoms with van der Waals surface area (Å²) in [6.45, 7) is 0. The molecule has 0 aromatic carbocycles. The molecular weight excluding hydrogens is 278 g/mol. The van der Waals surface area contributed by atoms with E-state index < -0.39 is 0 Å². The third-order valence-electron chi connectivity index (χ3n) is 2.65. The van der Waals surface area contributed by atoms with Crippen LogP contribution in [0.4, 0.5) is 0 Å². The fourth-order valence-corrected chi connectivity index (χ4v) is 2.28. The number of rotatable bonds is 4. The molecule has 2 heterocycles. The van der Waals surface area contributed by atoms with Crippen molar-refractivity contribution in [2.24, 2.45) is 0 Å². The monoisotopic (exact) mass is 291 g/mol. The number of hydrogen-bond donors (Lipinski definition) is 1. The fraction of sp³-hybridized carbons (Fsp3) is 0.231. The molecule has 0 spiro atoms. The van der Waals surface area contributed by atoms with Crippen molar-refractivity contribution in [2.75, 3.05) is 7.05 Å². The van der Waals surface area contributed by atoms with Gasteiger partial charge < -0.3 is 5.32 Å². The predicted molar refractivity (Wildman–Crippen MR) is 71.7 cm³/mol. The van der Waals surface area contributed by atoms with Crippen molar-refractivity contribution in [1.82, 2.24) is 15.3 Å². The molecule has 0 aliphatic rings. The third kappa shape index (κ3) is 3.11. The van der Waals surface area contributed by atoms with Gasteiger partial charge in [0.05, 0.1) is 11.7 Å². The zero-order valence-corrected chi connectivity index (χ0v) is 11.2. The molecule has 0 aliphatic carbocycles. The van der Waals surface area contributed by atoms with E-state index in [9.17, 15) is 0 Å². The van der Waals surface area contributed by atoms with Gasteiger partial charge in [0, 0.05) is 23.1 Å². The molecule has 2 aromatic rings. The van der Waals surface area contributed by atoms with Crippen molar-refractivity contribution >= 4 is 15.9 Å². The van der Waals surface area contributed by atoms with Gasteiger partial charge in [-0.15, -0.1) is 0 Å². The van der Waals surface area contributed by atoms with Crippen molar-refractivity contribution in [3.8, 4) is 0 Å². The highest BCUT2D eigenvalue weighted by molar-refractivity contribution is 9.10. The van der Waals surface area contributed by atoms with Crippen LogP contribution in [0.3, 0.4) is 0 Å². The Bertz CT molecular complexity index is 473. The molecule has 17 heavy (non-hydrogen) atoms. The molecule has 0 saturated heterocycles. The highest BCUT2D eigenvalue weighted by Gasteiger charge is 2.14. The Balaban J connectivity index is 2.21. The predicted octanol–water partition coefficient (Wildman–Crippen LogP) is 2.74. The van der Waals surface area contributed by atoms with Gasteiger partial charge in [-0.3, -0.25) is 9.97 Å². The van der Waals surface area contributed by atoms with Crippen LogP contribution in [-0.4, -0.2) is 17.0 Å². The lowest BCUT2D eigenvalue weighted by Gasteiger charge is -2.16. The Morgan fingerprint density at radius 3 is 2.65 bits per heavy atom. The summed E-state index contributed by atoms with van der Waals surface area (Å²) in [5, 5.41) is 3.29. The molecule has 0 fully saturated rings. The van der Waals surface area contributed by atoms with E-state index in [0.29, 0.717) is 0 Å². The van der Waals surface area contributed by atoms with Crippen LogP contribution in [0.2, 0.25) is 0 Å². The first-order valence-corrected chi connectivity index (χ1v) is 6.27. The average Bonchev–Trinajstić information content (AvgIpc) is 2.38. The number of hydrogen-bond acceptors (Lipinski definition) is 3. The second kappa shape index (κ2) is 5.89. The smallest absolute Gasteiger partial charge is 0.0718 e. The van der Waals surface area contributed by atoms with E-state index in [2.05, 4.69) is 31.2 Å². The van der Waals surface area contributed by atoms with Gasteiger partial charge in [-0.25, -0.2) is 0 Å². The van der Waals surface area contributed by atoms with Crippen molar-refractivity contribution in [3.05, 3.63) is 58.6 Å². The number of aromatic nitrogens is 2. The van der Waals surface area contributed by atoms with Crippen LogP contribution in [0.25, 0.3) is 0 Å². The van der Waals surface area contributed by atoms with Crippen LogP contribution >= 0.6 is 15.9 Å². The number of nitrogens with one attached hydrogen (secondary N) is 1. The summed E-state index contributed by atoms with van der Waals surface area (Å²) in [6, 6.07) is 8.20. The van der Waals surface area contributed by atoms with Gasteiger partial charge >= 0.3 is 0 Å². The summed E-state index contributed by atoms with van der Waals surface area (Å²) in [7, 11) is 1.95. The van der Waals surface area contributed by atoms with Crippen LogP contribution < -0.4 is 5.32 Å². The van der Waals surface area contributed by atoms with Crippen LogP contribution in [0.15, 0.2) is 47.3 Å². The lowest BCUT2D eigenvalue weighted by atomic mass is 10.0. The Hall–Kier alpha value is -1.26. The molecule has 0 bridgehead atoms. The second-order valence-corrected chi connectivity index (χ2v) is 4.63. The first kappa shape index (κ1) is 12.2. The van der Waals surface area contributed by atoms with Crippen molar-refractivity contribution in [3.63, 3.8) is 0 Å². The maximum atomic E-state index is 4.42. The molecule has 0 amide bonds. The van der Waals surface area contributed by atoms with Gasteiger partial charge in [0.15, 0.2) is 0 Å². The normalized spacial score (nSPS) is 12.4. The van der Waals surface area contributed by atoms with Gasteiger partial charge in [0.2, 0.25) is 0 Å². The van der Waals surface area contributed by atoms with Gasteiger partial charge in [0.1, 0.15) is 0 Å². The summed E-state index contributed by atoms with van der Waals surface area (Å²) in [5.74, 6) is 0. The molecule has 2 rings (SSSR count). The Kier molecular flexibility index (Phi) is 4.23. The summed E-state index contributed by atoms with van der Waals surface area (Å²) >= 11 is 3.54. The van der Waals surface area contributed by atoms with E-state index >= 15 is 0 Å². The molecule has 1 unspecified atom stereocenters. The SMILES string of the molecule is CNC(Cc1ccncc1)c1ncccc1Br. The van der Waals surface area contributed by atoms with Gasteiger partial charge in [-0.2, -0.15) is 0 Å². The Morgan fingerprint density at radius 1 is 1.24 bits per heavy atom. The van der Waals surface area contributed by atoms with E-state index in [4.69, 9.17) is 0 Å². The average molecular weight is 292 g/mol. The lowest BCUT2D eigenvalue weighted by Crippen LogP contribution is -2.20. The highest BCUT2D eigenvalue weighted by Crippen LogP contribution is 2.23. The standard InChI is InChI=1S/C13H14BrN3/c1-15-12(9-10-4-7-16-8-5-10)13-11(14)3-2-6-17-13/h2-8,12,15H,9H2,1H3. The van der Waals surface area contributed by atoms with Gasteiger partial charge in [0.25, 0.3) is 0 Å². The van der Waals surface area contributed by atoms with Crippen molar-refractivity contribution < 1.29 is 0 Å². The molecule has 3 nitrogen and oxygen atoms in total.